The van der Waals surface area contributed by atoms with Gasteiger partial charge in [-0.1, -0.05) is 11.6 Å². The Kier molecular flexibility index (Phi) is 2.86. The fourth-order valence-corrected chi connectivity index (χ4v) is 2.22. The molecule has 0 aliphatic heterocycles. The van der Waals surface area contributed by atoms with Crippen molar-refractivity contribution in [2.24, 2.45) is 5.73 Å². The molecular formula is C9H10ClN3S. The van der Waals surface area contributed by atoms with Gasteiger partial charge in [0.15, 0.2) is 0 Å². The molecule has 0 fully saturated rings. The Morgan fingerprint density at radius 2 is 2.43 bits per heavy atom. The first-order valence-corrected chi connectivity index (χ1v) is 5.53. The lowest BCUT2D eigenvalue weighted by Gasteiger charge is -1.95. The third-order valence-electron chi connectivity index (χ3n) is 1.92. The third-order valence-corrected chi connectivity index (χ3v) is 3.09. The summed E-state index contributed by atoms with van der Waals surface area (Å²) >= 11 is 7.54. The van der Waals surface area contributed by atoms with Crippen molar-refractivity contribution in [1.82, 2.24) is 9.78 Å². The molecule has 0 aromatic carbocycles. The lowest BCUT2D eigenvalue weighted by Crippen LogP contribution is -2.09. The monoisotopic (exact) mass is 227 g/mol. The van der Waals surface area contributed by atoms with Crippen LogP contribution >= 0.6 is 22.9 Å². The van der Waals surface area contributed by atoms with Gasteiger partial charge in [0.05, 0.1) is 12.7 Å². The topological polar surface area (TPSA) is 43.8 Å². The molecule has 0 spiro atoms. The van der Waals surface area contributed by atoms with Crippen molar-refractivity contribution in [3.8, 4) is 11.1 Å². The summed E-state index contributed by atoms with van der Waals surface area (Å²) in [5, 5.41) is 6.16. The quantitative estimate of drug-likeness (QED) is 0.874. The highest BCUT2D eigenvalue weighted by atomic mass is 35.5. The molecule has 0 unspecified atom stereocenters. The Morgan fingerprint density at radius 3 is 3.07 bits per heavy atom. The number of aromatic nitrogens is 2. The van der Waals surface area contributed by atoms with Crippen LogP contribution in [0, 0.1) is 0 Å². The minimum atomic E-state index is 0.596. The van der Waals surface area contributed by atoms with Crippen molar-refractivity contribution < 1.29 is 0 Å². The maximum atomic E-state index is 6.02. The van der Waals surface area contributed by atoms with E-state index in [0.29, 0.717) is 6.54 Å². The molecule has 0 bridgehead atoms. The molecule has 0 aliphatic rings. The van der Waals surface area contributed by atoms with Crippen LogP contribution in [0.4, 0.5) is 0 Å². The Labute approximate surface area is 91.1 Å². The summed E-state index contributed by atoms with van der Waals surface area (Å²) in [5.41, 5.74) is 7.52. The van der Waals surface area contributed by atoms with E-state index in [1.54, 1.807) is 0 Å². The molecule has 2 rings (SSSR count). The Morgan fingerprint density at radius 1 is 1.57 bits per heavy atom. The van der Waals surface area contributed by atoms with E-state index in [0.717, 1.165) is 22.0 Å². The van der Waals surface area contributed by atoms with Gasteiger partial charge in [-0.25, -0.2) is 0 Å². The number of nitrogens with zero attached hydrogens (tertiary/aromatic N) is 2. The van der Waals surface area contributed by atoms with Gasteiger partial charge in [-0.2, -0.15) is 5.10 Å². The summed E-state index contributed by atoms with van der Waals surface area (Å²) in [4.78, 5) is 0. The van der Waals surface area contributed by atoms with Crippen molar-refractivity contribution in [2.75, 3.05) is 6.54 Å². The van der Waals surface area contributed by atoms with E-state index in [9.17, 15) is 0 Å². The minimum Gasteiger partial charge on any atom is -0.329 e. The van der Waals surface area contributed by atoms with Gasteiger partial charge in [-0.15, -0.1) is 11.3 Å². The highest BCUT2D eigenvalue weighted by Gasteiger charge is 2.06. The first kappa shape index (κ1) is 9.71. The summed E-state index contributed by atoms with van der Waals surface area (Å²) in [6.07, 6.45) is 3.77. The first-order valence-electron chi connectivity index (χ1n) is 4.27. The Balaban J connectivity index is 2.29. The van der Waals surface area contributed by atoms with Crippen LogP contribution in [-0.2, 0) is 6.54 Å². The minimum absolute atomic E-state index is 0.596. The van der Waals surface area contributed by atoms with Crippen molar-refractivity contribution in [3.63, 3.8) is 0 Å². The van der Waals surface area contributed by atoms with Gasteiger partial charge in [-0.05, 0) is 11.4 Å². The summed E-state index contributed by atoms with van der Waals surface area (Å²) in [6, 6.07) is 2.00. The van der Waals surface area contributed by atoms with Crippen LogP contribution in [0.3, 0.4) is 0 Å². The average Bonchev–Trinajstić information content (AvgIpc) is 2.74. The Hall–Kier alpha value is -0.840. The van der Waals surface area contributed by atoms with Crippen LogP contribution in [-0.4, -0.2) is 16.3 Å². The highest BCUT2D eigenvalue weighted by molar-refractivity contribution is 7.15. The maximum absolute atomic E-state index is 6.02. The molecule has 2 aromatic heterocycles. The molecule has 14 heavy (non-hydrogen) atoms. The summed E-state index contributed by atoms with van der Waals surface area (Å²) in [7, 11) is 0. The number of halogens is 1. The van der Waals surface area contributed by atoms with Gasteiger partial charge in [0, 0.05) is 23.9 Å². The number of nitrogens with two attached hydrogens (primary N) is 1. The normalized spacial score (nSPS) is 10.7. The zero-order chi connectivity index (χ0) is 9.97. The lowest BCUT2D eigenvalue weighted by molar-refractivity contribution is 0.625. The number of rotatable bonds is 3. The molecule has 0 aliphatic carbocycles. The molecule has 0 amide bonds. The standard InChI is InChI=1S/C9H10ClN3S/c10-9-8(1-4-14-9)7-5-12-13(6-7)3-2-11/h1,4-6H,2-3,11H2. The van der Waals surface area contributed by atoms with Crippen molar-refractivity contribution in [1.29, 1.82) is 0 Å². The second-order valence-corrected chi connectivity index (χ2v) is 4.41. The molecular weight excluding hydrogens is 218 g/mol. The summed E-state index contributed by atoms with van der Waals surface area (Å²) in [5.74, 6) is 0. The predicted molar refractivity (Wildman–Crippen MR) is 59.6 cm³/mol. The van der Waals surface area contributed by atoms with Gasteiger partial charge in [-0.3, -0.25) is 4.68 Å². The SMILES string of the molecule is NCCn1cc(-c2ccsc2Cl)cn1. The molecule has 5 heteroatoms. The van der Waals surface area contributed by atoms with Crippen molar-refractivity contribution in [2.45, 2.75) is 6.54 Å². The number of hydrogen-bond donors (Lipinski definition) is 1. The van der Waals surface area contributed by atoms with Gasteiger partial charge in [0.2, 0.25) is 0 Å². The second-order valence-electron chi connectivity index (χ2n) is 2.89. The van der Waals surface area contributed by atoms with E-state index >= 15 is 0 Å². The van der Waals surface area contributed by atoms with E-state index in [1.165, 1.54) is 11.3 Å². The molecule has 2 aromatic rings. The van der Waals surface area contributed by atoms with E-state index in [4.69, 9.17) is 17.3 Å². The molecule has 2 N–H and O–H groups in total. The van der Waals surface area contributed by atoms with Crippen LogP contribution in [0.1, 0.15) is 0 Å². The predicted octanol–water partition coefficient (Wildman–Crippen LogP) is 2.22. The van der Waals surface area contributed by atoms with Crippen LogP contribution in [0.2, 0.25) is 4.34 Å². The molecule has 0 saturated heterocycles. The second kappa shape index (κ2) is 4.13. The van der Waals surface area contributed by atoms with Gasteiger partial charge >= 0.3 is 0 Å². The van der Waals surface area contributed by atoms with Crippen LogP contribution in [0.15, 0.2) is 23.8 Å². The maximum Gasteiger partial charge on any atom is 0.101 e. The van der Waals surface area contributed by atoms with E-state index in [1.807, 2.05) is 28.5 Å². The fraction of sp³-hybridized carbons (Fsp3) is 0.222. The van der Waals surface area contributed by atoms with Crippen molar-refractivity contribution in [3.05, 3.63) is 28.2 Å². The Bertz CT molecular complexity index is 421. The molecule has 0 atom stereocenters. The highest BCUT2D eigenvalue weighted by Crippen LogP contribution is 2.31. The molecule has 3 nitrogen and oxygen atoms in total. The fourth-order valence-electron chi connectivity index (χ4n) is 1.26. The van der Waals surface area contributed by atoms with Gasteiger partial charge < -0.3 is 5.73 Å². The first-order chi connectivity index (χ1) is 6.81. The van der Waals surface area contributed by atoms with Crippen LogP contribution in [0.5, 0.6) is 0 Å². The molecule has 74 valence electrons. The van der Waals surface area contributed by atoms with E-state index in [2.05, 4.69) is 5.10 Å². The summed E-state index contributed by atoms with van der Waals surface area (Å²) in [6.45, 7) is 1.33. The molecule has 2 heterocycles. The van der Waals surface area contributed by atoms with Gasteiger partial charge in [0.1, 0.15) is 4.34 Å². The number of thiophene rings is 1. The van der Waals surface area contributed by atoms with Crippen LogP contribution in [0.25, 0.3) is 11.1 Å². The van der Waals surface area contributed by atoms with Crippen LogP contribution < -0.4 is 5.73 Å². The van der Waals surface area contributed by atoms with Crippen molar-refractivity contribution >= 4 is 22.9 Å². The van der Waals surface area contributed by atoms with E-state index < -0.39 is 0 Å². The van der Waals surface area contributed by atoms with Gasteiger partial charge in [0.25, 0.3) is 0 Å². The van der Waals surface area contributed by atoms with E-state index in [-0.39, 0.29) is 0 Å². The number of hydrogen-bond acceptors (Lipinski definition) is 3. The molecule has 0 saturated carbocycles. The lowest BCUT2D eigenvalue weighted by atomic mass is 10.2. The summed E-state index contributed by atoms with van der Waals surface area (Å²) < 4.78 is 2.63. The smallest absolute Gasteiger partial charge is 0.101 e. The zero-order valence-corrected chi connectivity index (χ0v) is 9.05. The average molecular weight is 228 g/mol. The zero-order valence-electron chi connectivity index (χ0n) is 7.48. The largest absolute Gasteiger partial charge is 0.329 e. The third kappa shape index (κ3) is 1.82. The molecule has 0 radical (unpaired) electrons.